The molecule has 2 aromatic carbocycles. The van der Waals surface area contributed by atoms with Crippen LogP contribution in [-0.4, -0.2) is 38.2 Å². The molecule has 1 heterocycles. The standard InChI is InChI=1S/C19H19NO2Se/c1-14-12-13-20(18(21)15-8-4-2-5-9-15)19(22)17(14)23-16-10-6-3-7-11-16/h2-11,14,17H,12-13H2,1H3. The zero-order valence-corrected chi connectivity index (χ0v) is 14.7. The maximum absolute atomic E-state index is 12.9. The van der Waals surface area contributed by atoms with Gasteiger partial charge in [-0.15, -0.1) is 0 Å². The van der Waals surface area contributed by atoms with E-state index in [0.717, 1.165) is 6.42 Å². The van der Waals surface area contributed by atoms with Crippen LogP contribution < -0.4 is 4.46 Å². The van der Waals surface area contributed by atoms with Gasteiger partial charge in [0.1, 0.15) is 0 Å². The number of nitrogens with zero attached hydrogens (tertiary/aromatic N) is 1. The van der Waals surface area contributed by atoms with Crippen molar-refractivity contribution in [2.24, 2.45) is 5.92 Å². The molecule has 1 aliphatic heterocycles. The van der Waals surface area contributed by atoms with Crippen molar-refractivity contribution in [2.45, 2.75) is 18.2 Å². The number of amides is 2. The molecule has 0 bridgehead atoms. The Morgan fingerprint density at radius 3 is 2.30 bits per heavy atom. The monoisotopic (exact) mass is 373 g/mol. The molecule has 3 rings (SSSR count). The van der Waals surface area contributed by atoms with Gasteiger partial charge in [-0.25, -0.2) is 0 Å². The molecule has 2 unspecified atom stereocenters. The van der Waals surface area contributed by atoms with Crippen LogP contribution in [-0.2, 0) is 4.79 Å². The number of piperidine rings is 1. The molecule has 0 saturated carbocycles. The molecule has 0 aromatic heterocycles. The van der Waals surface area contributed by atoms with Gasteiger partial charge in [-0.05, 0) is 0 Å². The third-order valence-corrected chi connectivity index (χ3v) is 7.18. The number of imide groups is 1. The predicted octanol–water partition coefficient (Wildman–Crippen LogP) is 2.51. The number of rotatable bonds is 3. The van der Waals surface area contributed by atoms with Gasteiger partial charge in [-0.2, -0.15) is 0 Å². The first-order valence-corrected chi connectivity index (χ1v) is 9.64. The quantitative estimate of drug-likeness (QED) is 0.613. The summed E-state index contributed by atoms with van der Waals surface area (Å²) in [4.78, 5) is 26.9. The first kappa shape index (κ1) is 16.0. The Labute approximate surface area is 142 Å². The SMILES string of the molecule is CC1CCN(C(=O)c2ccccc2)C(=O)C1[Se]c1ccccc1. The van der Waals surface area contributed by atoms with E-state index in [1.54, 1.807) is 12.1 Å². The molecule has 2 amide bonds. The molecule has 0 aliphatic carbocycles. The van der Waals surface area contributed by atoms with Crippen molar-refractivity contribution in [3.8, 4) is 0 Å². The summed E-state index contributed by atoms with van der Waals surface area (Å²) in [6, 6.07) is 19.2. The Morgan fingerprint density at radius 2 is 1.65 bits per heavy atom. The average Bonchev–Trinajstić information content (AvgIpc) is 2.60. The fraction of sp³-hybridized carbons (Fsp3) is 0.263. The zero-order chi connectivity index (χ0) is 16.2. The van der Waals surface area contributed by atoms with Gasteiger partial charge in [0.15, 0.2) is 0 Å². The number of hydrogen-bond acceptors (Lipinski definition) is 2. The van der Waals surface area contributed by atoms with Gasteiger partial charge in [0.05, 0.1) is 0 Å². The Balaban J connectivity index is 1.79. The van der Waals surface area contributed by atoms with Gasteiger partial charge >= 0.3 is 143 Å². The molecule has 0 spiro atoms. The number of benzene rings is 2. The van der Waals surface area contributed by atoms with Crippen molar-refractivity contribution in [1.82, 2.24) is 4.90 Å². The van der Waals surface area contributed by atoms with Crippen LogP contribution in [0.25, 0.3) is 0 Å². The van der Waals surface area contributed by atoms with Crippen LogP contribution in [0.1, 0.15) is 23.7 Å². The summed E-state index contributed by atoms with van der Waals surface area (Å²) in [5.74, 6) is 0.139. The van der Waals surface area contributed by atoms with E-state index < -0.39 is 0 Å². The summed E-state index contributed by atoms with van der Waals surface area (Å²) in [5, 5.41) is 0. The van der Waals surface area contributed by atoms with Gasteiger partial charge < -0.3 is 0 Å². The van der Waals surface area contributed by atoms with Crippen LogP contribution in [0.2, 0.25) is 4.82 Å². The molecule has 2 atom stereocenters. The fourth-order valence-electron chi connectivity index (χ4n) is 2.74. The van der Waals surface area contributed by atoms with Crippen LogP contribution in [0.3, 0.4) is 0 Å². The third kappa shape index (κ3) is 3.54. The Kier molecular flexibility index (Phi) is 4.94. The van der Waals surface area contributed by atoms with Crippen LogP contribution in [0.4, 0.5) is 0 Å². The van der Waals surface area contributed by atoms with E-state index in [1.165, 1.54) is 9.36 Å². The summed E-state index contributed by atoms with van der Waals surface area (Å²) >= 11 is 0.0490. The molecule has 1 aliphatic rings. The summed E-state index contributed by atoms with van der Waals surface area (Å²) in [5.41, 5.74) is 0.585. The molecule has 23 heavy (non-hydrogen) atoms. The van der Waals surface area contributed by atoms with E-state index in [1.807, 2.05) is 36.4 Å². The van der Waals surface area contributed by atoms with Crippen molar-refractivity contribution < 1.29 is 9.59 Å². The van der Waals surface area contributed by atoms with Gasteiger partial charge in [0.25, 0.3) is 0 Å². The van der Waals surface area contributed by atoms with Crippen molar-refractivity contribution in [1.29, 1.82) is 0 Å². The second-order valence-corrected chi connectivity index (χ2v) is 8.33. The fourth-order valence-corrected chi connectivity index (χ4v) is 5.27. The third-order valence-electron chi connectivity index (χ3n) is 4.11. The molecule has 1 saturated heterocycles. The van der Waals surface area contributed by atoms with E-state index >= 15 is 0 Å². The number of carbonyl (C=O) groups excluding carboxylic acids is 2. The van der Waals surface area contributed by atoms with Crippen LogP contribution in [0, 0.1) is 5.92 Å². The van der Waals surface area contributed by atoms with E-state index in [9.17, 15) is 9.59 Å². The minimum absolute atomic E-state index is 0.0125. The summed E-state index contributed by atoms with van der Waals surface area (Å²) in [6.07, 6.45) is 0.879. The topological polar surface area (TPSA) is 37.4 Å². The van der Waals surface area contributed by atoms with E-state index in [-0.39, 0.29) is 31.6 Å². The number of hydrogen-bond donors (Lipinski definition) is 0. The molecule has 4 heteroatoms. The maximum atomic E-state index is 12.9. The second-order valence-electron chi connectivity index (χ2n) is 5.78. The molecule has 0 N–H and O–H groups in total. The van der Waals surface area contributed by atoms with E-state index in [0.29, 0.717) is 18.0 Å². The van der Waals surface area contributed by atoms with Gasteiger partial charge in [-0.1, -0.05) is 0 Å². The van der Waals surface area contributed by atoms with Crippen molar-refractivity contribution >= 4 is 31.2 Å². The second kappa shape index (κ2) is 7.12. The van der Waals surface area contributed by atoms with Crippen molar-refractivity contribution in [3.05, 3.63) is 66.2 Å². The van der Waals surface area contributed by atoms with E-state index in [4.69, 9.17) is 0 Å². The average molecular weight is 372 g/mol. The first-order chi connectivity index (χ1) is 11.2. The normalized spacial score (nSPS) is 21.3. The molecule has 3 nitrogen and oxygen atoms in total. The minimum atomic E-state index is -0.170. The molecule has 1 fully saturated rings. The molecule has 0 radical (unpaired) electrons. The number of likely N-dealkylation sites (tertiary alicyclic amines) is 1. The van der Waals surface area contributed by atoms with Gasteiger partial charge in [-0.3, -0.25) is 0 Å². The van der Waals surface area contributed by atoms with Gasteiger partial charge in [0, 0.05) is 0 Å². The Bertz CT molecular complexity index is 687. The molecule has 118 valence electrons. The van der Waals surface area contributed by atoms with Gasteiger partial charge in [0.2, 0.25) is 0 Å². The Hall–Kier alpha value is -1.90. The molecular weight excluding hydrogens is 353 g/mol. The zero-order valence-electron chi connectivity index (χ0n) is 13.0. The van der Waals surface area contributed by atoms with Crippen LogP contribution in [0.15, 0.2) is 60.7 Å². The van der Waals surface area contributed by atoms with Crippen LogP contribution in [0.5, 0.6) is 0 Å². The molecule has 2 aromatic rings. The van der Waals surface area contributed by atoms with E-state index in [2.05, 4.69) is 19.1 Å². The predicted molar refractivity (Wildman–Crippen MR) is 91.8 cm³/mol. The number of carbonyl (C=O) groups is 2. The summed E-state index contributed by atoms with van der Waals surface area (Å²) in [7, 11) is 0. The Morgan fingerprint density at radius 1 is 1.04 bits per heavy atom. The summed E-state index contributed by atoms with van der Waals surface area (Å²) in [6.45, 7) is 2.65. The molecular formula is C19H19NO2Se. The van der Waals surface area contributed by atoms with Crippen molar-refractivity contribution in [2.75, 3.05) is 6.54 Å². The van der Waals surface area contributed by atoms with Crippen molar-refractivity contribution in [3.63, 3.8) is 0 Å². The first-order valence-electron chi connectivity index (χ1n) is 7.79. The summed E-state index contributed by atoms with van der Waals surface area (Å²) < 4.78 is 1.21. The van der Waals surface area contributed by atoms with Crippen LogP contribution >= 0.6 is 0 Å².